The predicted octanol–water partition coefficient (Wildman–Crippen LogP) is 0.405. The molecule has 1 aromatic rings. The fraction of sp³-hybridized carbons (Fsp3) is 0.250. The number of carbonyl (C=O) groups is 1. The van der Waals surface area contributed by atoms with Gasteiger partial charge in [0.25, 0.3) is 5.56 Å². The van der Waals surface area contributed by atoms with E-state index in [1.165, 1.54) is 4.57 Å². The van der Waals surface area contributed by atoms with Crippen molar-refractivity contribution in [3.05, 3.63) is 32.7 Å². The molecule has 0 aromatic carbocycles. The zero-order valence-corrected chi connectivity index (χ0v) is 8.67. The van der Waals surface area contributed by atoms with Crippen molar-refractivity contribution >= 4 is 21.8 Å². The summed E-state index contributed by atoms with van der Waals surface area (Å²) >= 11 is 3.10. The summed E-state index contributed by atoms with van der Waals surface area (Å²) in [5.41, 5.74) is 5.63. The second-order valence-electron chi connectivity index (χ2n) is 2.76. The molecule has 5 heteroatoms. The van der Waals surface area contributed by atoms with Crippen LogP contribution in [0.4, 0.5) is 0 Å². The minimum Gasteiger partial charge on any atom is -0.368 e. The molecule has 0 bridgehead atoms. The second kappa shape index (κ2) is 3.74. The Morgan fingerprint density at radius 2 is 2.31 bits per heavy atom. The van der Waals surface area contributed by atoms with E-state index in [-0.39, 0.29) is 12.1 Å². The number of aryl methyl sites for hydroxylation is 1. The molecule has 70 valence electrons. The molecule has 0 saturated carbocycles. The molecular formula is C8H9BrN2O2. The van der Waals surface area contributed by atoms with Crippen molar-refractivity contribution in [2.24, 2.45) is 5.73 Å². The van der Waals surface area contributed by atoms with Crippen LogP contribution in [-0.4, -0.2) is 10.5 Å². The highest BCUT2D eigenvalue weighted by Crippen LogP contribution is 2.05. The minimum atomic E-state index is -0.528. The highest BCUT2D eigenvalue weighted by molar-refractivity contribution is 9.10. The Kier molecular flexibility index (Phi) is 2.87. The number of hydrogen-bond acceptors (Lipinski definition) is 2. The highest BCUT2D eigenvalue weighted by atomic mass is 79.9. The van der Waals surface area contributed by atoms with Gasteiger partial charge in [-0.25, -0.2) is 0 Å². The van der Waals surface area contributed by atoms with Crippen LogP contribution >= 0.6 is 15.9 Å². The molecule has 0 aliphatic rings. The van der Waals surface area contributed by atoms with Gasteiger partial charge in [0.2, 0.25) is 5.91 Å². The summed E-state index contributed by atoms with van der Waals surface area (Å²) in [6.45, 7) is 1.75. The van der Waals surface area contributed by atoms with E-state index in [4.69, 9.17) is 5.73 Å². The van der Waals surface area contributed by atoms with E-state index in [1.54, 1.807) is 12.3 Å². The summed E-state index contributed by atoms with van der Waals surface area (Å²) in [6.07, 6.45) is 1.60. The smallest absolute Gasteiger partial charge is 0.265 e. The van der Waals surface area contributed by atoms with Crippen LogP contribution in [-0.2, 0) is 11.3 Å². The molecule has 1 rings (SSSR count). The number of nitrogens with two attached hydrogens (primary N) is 1. The molecule has 0 fully saturated rings. The molecule has 0 aliphatic heterocycles. The van der Waals surface area contributed by atoms with Gasteiger partial charge < -0.3 is 10.3 Å². The fourth-order valence-electron chi connectivity index (χ4n) is 1.03. The first kappa shape index (κ1) is 9.98. The normalized spacial score (nSPS) is 10.0. The molecule has 1 heterocycles. The molecule has 0 unspecified atom stereocenters. The predicted molar refractivity (Wildman–Crippen MR) is 52.3 cm³/mol. The van der Waals surface area contributed by atoms with Crippen molar-refractivity contribution in [2.45, 2.75) is 13.5 Å². The van der Waals surface area contributed by atoms with Gasteiger partial charge in [-0.15, -0.1) is 0 Å². The zero-order valence-electron chi connectivity index (χ0n) is 7.08. The summed E-state index contributed by atoms with van der Waals surface area (Å²) in [4.78, 5) is 22.0. The number of halogens is 1. The Hall–Kier alpha value is -1.10. The van der Waals surface area contributed by atoms with Gasteiger partial charge in [-0.3, -0.25) is 9.59 Å². The third-order valence-corrected chi connectivity index (χ3v) is 2.07. The number of nitrogens with zero attached hydrogens (tertiary/aromatic N) is 1. The lowest BCUT2D eigenvalue weighted by Gasteiger charge is -2.04. The van der Waals surface area contributed by atoms with Gasteiger partial charge in [-0.05, 0) is 34.5 Å². The molecule has 13 heavy (non-hydrogen) atoms. The van der Waals surface area contributed by atoms with Crippen LogP contribution in [0.3, 0.4) is 0 Å². The van der Waals surface area contributed by atoms with E-state index in [2.05, 4.69) is 15.9 Å². The zero-order chi connectivity index (χ0) is 10.0. The Bertz CT molecular complexity index is 398. The Balaban J connectivity index is 3.21. The number of pyridine rings is 1. The lowest BCUT2D eigenvalue weighted by molar-refractivity contribution is -0.118. The molecule has 0 spiro atoms. The highest BCUT2D eigenvalue weighted by Gasteiger charge is 2.03. The lowest BCUT2D eigenvalue weighted by atomic mass is 10.3. The third kappa shape index (κ3) is 2.42. The standard InChI is InChI=1S/C8H9BrN2O2/c1-5-2-6(9)8(13)11(3-5)4-7(10)12/h2-3H,4H2,1H3,(H2,10,12). The lowest BCUT2D eigenvalue weighted by Crippen LogP contribution is -2.28. The molecule has 1 aromatic heterocycles. The van der Waals surface area contributed by atoms with Crippen LogP contribution in [0.5, 0.6) is 0 Å². The molecule has 0 saturated heterocycles. The monoisotopic (exact) mass is 244 g/mol. The molecule has 0 aliphatic carbocycles. The van der Waals surface area contributed by atoms with Crippen molar-refractivity contribution in [3.8, 4) is 0 Å². The van der Waals surface area contributed by atoms with Crippen LogP contribution in [0.2, 0.25) is 0 Å². The third-order valence-electron chi connectivity index (χ3n) is 1.51. The Morgan fingerprint density at radius 1 is 1.69 bits per heavy atom. The van der Waals surface area contributed by atoms with Crippen molar-refractivity contribution in [1.82, 2.24) is 4.57 Å². The van der Waals surface area contributed by atoms with Gasteiger partial charge in [0.05, 0.1) is 4.47 Å². The summed E-state index contributed by atoms with van der Waals surface area (Å²) in [6, 6.07) is 1.69. The van der Waals surface area contributed by atoms with E-state index < -0.39 is 5.91 Å². The average Bonchev–Trinajstić information content (AvgIpc) is 1.98. The first-order valence-corrected chi connectivity index (χ1v) is 4.45. The van der Waals surface area contributed by atoms with Gasteiger partial charge in [0.15, 0.2) is 0 Å². The number of aromatic nitrogens is 1. The van der Waals surface area contributed by atoms with E-state index in [0.29, 0.717) is 4.47 Å². The molecule has 1 amide bonds. The topological polar surface area (TPSA) is 65.1 Å². The number of rotatable bonds is 2. The van der Waals surface area contributed by atoms with Crippen LogP contribution in [0.1, 0.15) is 5.56 Å². The van der Waals surface area contributed by atoms with Crippen LogP contribution < -0.4 is 11.3 Å². The first-order chi connectivity index (χ1) is 6.00. The second-order valence-corrected chi connectivity index (χ2v) is 3.62. The summed E-state index contributed by atoms with van der Waals surface area (Å²) in [5, 5.41) is 0. The Labute approximate surface area is 83.5 Å². The maximum Gasteiger partial charge on any atom is 0.265 e. The van der Waals surface area contributed by atoms with E-state index in [9.17, 15) is 9.59 Å². The van der Waals surface area contributed by atoms with Gasteiger partial charge in [-0.1, -0.05) is 0 Å². The number of hydrogen-bond donors (Lipinski definition) is 1. The SMILES string of the molecule is Cc1cc(Br)c(=O)n(CC(N)=O)c1. The summed E-state index contributed by atoms with van der Waals surface area (Å²) < 4.78 is 1.72. The number of carbonyl (C=O) groups excluding carboxylic acids is 1. The van der Waals surface area contributed by atoms with E-state index in [0.717, 1.165) is 5.56 Å². The average molecular weight is 245 g/mol. The van der Waals surface area contributed by atoms with Crippen molar-refractivity contribution in [3.63, 3.8) is 0 Å². The Morgan fingerprint density at radius 3 is 2.85 bits per heavy atom. The van der Waals surface area contributed by atoms with E-state index in [1.807, 2.05) is 6.92 Å². The van der Waals surface area contributed by atoms with Crippen molar-refractivity contribution < 1.29 is 4.79 Å². The first-order valence-electron chi connectivity index (χ1n) is 3.65. The van der Waals surface area contributed by atoms with Gasteiger partial charge in [-0.2, -0.15) is 0 Å². The van der Waals surface area contributed by atoms with Crippen molar-refractivity contribution in [1.29, 1.82) is 0 Å². The summed E-state index contributed by atoms with van der Waals surface area (Å²) in [7, 11) is 0. The van der Waals surface area contributed by atoms with Crippen LogP contribution in [0.25, 0.3) is 0 Å². The van der Waals surface area contributed by atoms with Crippen LogP contribution in [0.15, 0.2) is 21.5 Å². The molecule has 4 nitrogen and oxygen atoms in total. The maximum atomic E-state index is 11.4. The number of primary amides is 1. The molecule has 0 atom stereocenters. The van der Waals surface area contributed by atoms with E-state index >= 15 is 0 Å². The van der Waals surface area contributed by atoms with Gasteiger partial charge in [0.1, 0.15) is 6.54 Å². The van der Waals surface area contributed by atoms with Crippen molar-refractivity contribution in [2.75, 3.05) is 0 Å². The van der Waals surface area contributed by atoms with Gasteiger partial charge in [0, 0.05) is 6.20 Å². The largest absolute Gasteiger partial charge is 0.368 e. The molecular weight excluding hydrogens is 236 g/mol. The fourth-order valence-corrected chi connectivity index (χ4v) is 1.61. The molecule has 2 N–H and O–H groups in total. The quantitative estimate of drug-likeness (QED) is 0.819. The van der Waals surface area contributed by atoms with Crippen LogP contribution in [0, 0.1) is 6.92 Å². The number of amides is 1. The molecule has 0 radical (unpaired) electrons. The summed E-state index contributed by atoms with van der Waals surface area (Å²) in [5.74, 6) is -0.528. The minimum absolute atomic E-state index is 0.0842. The maximum absolute atomic E-state index is 11.4. The van der Waals surface area contributed by atoms with Gasteiger partial charge >= 0.3 is 0 Å².